The minimum atomic E-state index is -0.725. The number of aliphatic hydroxyl groups is 1. The Morgan fingerprint density at radius 2 is 1.58 bits per heavy atom. The number of ketones is 1. The Balaban J connectivity index is 1.49. The Morgan fingerprint density at radius 3 is 2.15 bits per heavy atom. The Labute approximate surface area is 191 Å². The maximum absolute atomic E-state index is 14.7. The van der Waals surface area contributed by atoms with Gasteiger partial charge < -0.3 is 14.7 Å². The second-order valence-corrected chi connectivity index (χ2v) is 7.81. The molecule has 0 amide bonds. The fourth-order valence-electron chi connectivity index (χ4n) is 3.68. The molecule has 1 fully saturated rings. The van der Waals surface area contributed by atoms with Crippen molar-refractivity contribution in [3.05, 3.63) is 76.7 Å². The summed E-state index contributed by atoms with van der Waals surface area (Å²) >= 11 is 0. The molecule has 3 aromatic rings. The third-order valence-electron chi connectivity index (χ3n) is 5.47. The van der Waals surface area contributed by atoms with Gasteiger partial charge >= 0.3 is 0 Å². The molecule has 8 heteroatoms. The van der Waals surface area contributed by atoms with Gasteiger partial charge in [0, 0.05) is 31.5 Å². The van der Waals surface area contributed by atoms with Crippen molar-refractivity contribution in [3.8, 4) is 17.5 Å². The molecule has 0 unspecified atom stereocenters. The van der Waals surface area contributed by atoms with Gasteiger partial charge in [0.2, 0.25) is 5.82 Å². The first kappa shape index (κ1) is 22.5. The zero-order valence-corrected chi connectivity index (χ0v) is 18.0. The summed E-state index contributed by atoms with van der Waals surface area (Å²) in [6, 6.07) is 16.3. The number of carbonyl (C=O) groups is 1. The average molecular weight is 446 g/mol. The van der Waals surface area contributed by atoms with Crippen LogP contribution in [-0.2, 0) is 29.0 Å². The standard InChI is InChI=1S/C25H23FN4O3/c26-23-22(15-27)28-24(29-25(23)30-9-11-33-12-10-30)20-7-5-18(6-8-20)14-21(32)13-17-1-3-19(16-31)4-2-17/h1-8,31H,9-14,16H2. The van der Waals surface area contributed by atoms with E-state index in [9.17, 15) is 14.4 Å². The Bertz CT molecular complexity index is 1170. The third-order valence-corrected chi connectivity index (χ3v) is 5.47. The maximum Gasteiger partial charge on any atom is 0.202 e. The summed E-state index contributed by atoms with van der Waals surface area (Å²) in [7, 11) is 0. The first-order chi connectivity index (χ1) is 16.1. The maximum atomic E-state index is 14.7. The molecular formula is C25H23FN4O3. The van der Waals surface area contributed by atoms with Crippen LogP contribution in [0.1, 0.15) is 22.4 Å². The van der Waals surface area contributed by atoms with Crippen LogP contribution in [0.5, 0.6) is 0 Å². The van der Waals surface area contributed by atoms with Crippen LogP contribution in [0.15, 0.2) is 48.5 Å². The molecule has 33 heavy (non-hydrogen) atoms. The number of aliphatic hydroxyl groups excluding tert-OH is 1. The predicted molar refractivity (Wildman–Crippen MR) is 120 cm³/mol. The summed E-state index contributed by atoms with van der Waals surface area (Å²) in [4.78, 5) is 22.7. The van der Waals surface area contributed by atoms with Crippen molar-refractivity contribution in [1.29, 1.82) is 5.26 Å². The van der Waals surface area contributed by atoms with Crippen LogP contribution in [0.25, 0.3) is 11.4 Å². The number of aromatic nitrogens is 2. The van der Waals surface area contributed by atoms with E-state index in [0.717, 1.165) is 16.7 Å². The lowest BCUT2D eigenvalue weighted by Gasteiger charge is -2.28. The summed E-state index contributed by atoms with van der Waals surface area (Å²) in [6.45, 7) is 1.89. The highest BCUT2D eigenvalue weighted by atomic mass is 19.1. The van der Waals surface area contributed by atoms with Gasteiger partial charge in [0.15, 0.2) is 17.3 Å². The van der Waals surface area contributed by atoms with Crippen LogP contribution in [0.2, 0.25) is 0 Å². The van der Waals surface area contributed by atoms with E-state index in [2.05, 4.69) is 9.97 Å². The predicted octanol–water partition coefficient (Wildman–Crippen LogP) is 2.84. The molecule has 2 heterocycles. The summed E-state index contributed by atoms with van der Waals surface area (Å²) < 4.78 is 20.0. The zero-order chi connectivity index (χ0) is 23.2. The monoisotopic (exact) mass is 446 g/mol. The van der Waals surface area contributed by atoms with Gasteiger partial charge in [-0.15, -0.1) is 0 Å². The fourth-order valence-corrected chi connectivity index (χ4v) is 3.68. The van der Waals surface area contributed by atoms with E-state index >= 15 is 0 Å². The molecule has 0 radical (unpaired) electrons. The van der Waals surface area contributed by atoms with E-state index in [4.69, 9.17) is 9.84 Å². The van der Waals surface area contributed by atoms with Crippen molar-refractivity contribution in [2.75, 3.05) is 31.2 Å². The third kappa shape index (κ3) is 5.40. The molecule has 7 nitrogen and oxygen atoms in total. The highest BCUT2D eigenvalue weighted by Crippen LogP contribution is 2.25. The minimum Gasteiger partial charge on any atom is -0.392 e. The number of morpholine rings is 1. The number of carbonyl (C=O) groups excluding carboxylic acids is 1. The number of Topliss-reactive ketones (excluding diaryl/α,β-unsaturated/α-hetero) is 1. The average Bonchev–Trinajstić information content (AvgIpc) is 2.85. The molecule has 1 aliphatic heterocycles. The van der Waals surface area contributed by atoms with E-state index in [1.165, 1.54) is 0 Å². The number of hydrogen-bond acceptors (Lipinski definition) is 7. The van der Waals surface area contributed by atoms with Gasteiger partial charge in [0.05, 0.1) is 19.8 Å². The van der Waals surface area contributed by atoms with E-state index < -0.39 is 5.82 Å². The van der Waals surface area contributed by atoms with Crippen LogP contribution in [0, 0.1) is 17.1 Å². The van der Waals surface area contributed by atoms with E-state index in [1.54, 1.807) is 29.2 Å². The second-order valence-electron chi connectivity index (χ2n) is 7.81. The number of rotatable bonds is 7. The van der Waals surface area contributed by atoms with Gasteiger partial charge in [-0.1, -0.05) is 48.5 Å². The fraction of sp³-hybridized carbons (Fsp3) is 0.280. The van der Waals surface area contributed by atoms with Crippen LogP contribution >= 0.6 is 0 Å². The SMILES string of the molecule is N#Cc1nc(-c2ccc(CC(=O)Cc3ccc(CO)cc3)cc2)nc(N2CCOCC2)c1F. The molecule has 0 atom stereocenters. The molecule has 1 aliphatic rings. The van der Waals surface area contributed by atoms with E-state index in [0.29, 0.717) is 38.3 Å². The molecule has 1 N–H and O–H groups in total. The van der Waals surface area contributed by atoms with Crippen LogP contribution in [0.3, 0.4) is 0 Å². The Hall–Kier alpha value is -3.67. The zero-order valence-electron chi connectivity index (χ0n) is 18.0. The van der Waals surface area contributed by atoms with E-state index in [1.807, 2.05) is 30.3 Å². The highest BCUT2D eigenvalue weighted by Gasteiger charge is 2.22. The van der Waals surface area contributed by atoms with Gasteiger partial charge in [-0.3, -0.25) is 4.79 Å². The Morgan fingerprint density at radius 1 is 1.00 bits per heavy atom. The summed E-state index contributed by atoms with van der Waals surface area (Å²) in [5, 5.41) is 18.4. The lowest BCUT2D eigenvalue weighted by molar-refractivity contribution is -0.117. The molecule has 1 saturated heterocycles. The normalized spacial score (nSPS) is 13.5. The lowest BCUT2D eigenvalue weighted by atomic mass is 10.0. The van der Waals surface area contributed by atoms with Crippen molar-refractivity contribution in [2.45, 2.75) is 19.4 Å². The summed E-state index contributed by atoms with van der Waals surface area (Å²) in [5.74, 6) is -0.293. The van der Waals surface area contributed by atoms with Crippen LogP contribution < -0.4 is 4.90 Å². The van der Waals surface area contributed by atoms with Gasteiger partial charge in [-0.25, -0.2) is 9.97 Å². The lowest BCUT2D eigenvalue weighted by Crippen LogP contribution is -2.37. The number of ether oxygens (including phenoxy) is 1. The molecule has 4 rings (SSSR count). The largest absolute Gasteiger partial charge is 0.392 e. The van der Waals surface area contributed by atoms with E-state index in [-0.39, 0.29) is 36.1 Å². The first-order valence-electron chi connectivity index (χ1n) is 10.7. The Kier molecular flexibility index (Phi) is 7.03. The highest BCUT2D eigenvalue weighted by molar-refractivity contribution is 5.83. The molecule has 1 aromatic heterocycles. The number of nitriles is 1. The van der Waals surface area contributed by atoms with Crippen molar-refractivity contribution in [3.63, 3.8) is 0 Å². The first-order valence-corrected chi connectivity index (χ1v) is 10.7. The number of nitrogens with zero attached hydrogens (tertiary/aromatic N) is 4. The molecule has 2 aromatic carbocycles. The van der Waals surface area contributed by atoms with Crippen molar-refractivity contribution in [1.82, 2.24) is 9.97 Å². The smallest absolute Gasteiger partial charge is 0.202 e. The van der Waals surface area contributed by atoms with Gasteiger partial charge in [-0.2, -0.15) is 9.65 Å². The molecule has 0 saturated carbocycles. The van der Waals surface area contributed by atoms with Gasteiger partial charge in [-0.05, 0) is 16.7 Å². The van der Waals surface area contributed by atoms with Crippen LogP contribution in [-0.4, -0.2) is 47.2 Å². The topological polar surface area (TPSA) is 99.3 Å². The number of benzene rings is 2. The summed E-state index contributed by atoms with van der Waals surface area (Å²) in [5.41, 5.74) is 2.88. The van der Waals surface area contributed by atoms with Crippen molar-refractivity contribution < 1.29 is 19.0 Å². The molecule has 168 valence electrons. The van der Waals surface area contributed by atoms with Crippen molar-refractivity contribution in [2.24, 2.45) is 0 Å². The molecular weight excluding hydrogens is 423 g/mol. The minimum absolute atomic E-state index is 0.0256. The quantitative estimate of drug-likeness (QED) is 0.596. The number of anilines is 1. The van der Waals surface area contributed by atoms with Gasteiger partial charge in [0.25, 0.3) is 0 Å². The van der Waals surface area contributed by atoms with Gasteiger partial charge in [0.1, 0.15) is 11.9 Å². The molecule has 0 spiro atoms. The van der Waals surface area contributed by atoms with Crippen LogP contribution in [0.4, 0.5) is 10.2 Å². The number of halogens is 1. The molecule has 0 bridgehead atoms. The molecule has 0 aliphatic carbocycles. The number of hydrogen-bond donors (Lipinski definition) is 1. The second kappa shape index (κ2) is 10.3. The summed E-state index contributed by atoms with van der Waals surface area (Å²) in [6.07, 6.45) is 0.581. The van der Waals surface area contributed by atoms with Crippen molar-refractivity contribution >= 4 is 11.6 Å².